The number of likely N-dealkylation sites (N-methyl/N-ethyl adjacent to an activating group) is 1. The van der Waals surface area contributed by atoms with Crippen molar-refractivity contribution in [1.29, 1.82) is 0 Å². The molecule has 0 fully saturated rings. The topological polar surface area (TPSA) is 29.3 Å². The van der Waals surface area contributed by atoms with E-state index in [2.05, 4.69) is 4.90 Å². The van der Waals surface area contributed by atoms with E-state index < -0.39 is 0 Å². The van der Waals surface area contributed by atoms with Gasteiger partial charge in [-0.3, -0.25) is 0 Å². The Morgan fingerprint density at radius 2 is 2.36 bits per heavy atom. The lowest BCUT2D eigenvalue weighted by Gasteiger charge is -2.21. The average Bonchev–Trinajstić information content (AvgIpc) is 2.48. The van der Waals surface area contributed by atoms with Crippen molar-refractivity contribution in [3.05, 3.63) is 29.6 Å². The highest BCUT2D eigenvalue weighted by atomic mass is 19.1. The van der Waals surface area contributed by atoms with E-state index in [1.807, 2.05) is 13.1 Å². The fraction of sp³-hybridized carbons (Fsp3) is 0.455. The Morgan fingerprint density at radius 3 is 3.00 bits per heavy atom. The summed E-state index contributed by atoms with van der Waals surface area (Å²) >= 11 is 0. The Bertz CT molecular complexity index is 338. The first-order chi connectivity index (χ1) is 6.74. The van der Waals surface area contributed by atoms with Crippen molar-refractivity contribution in [2.75, 3.05) is 18.5 Å². The van der Waals surface area contributed by atoms with E-state index in [-0.39, 0.29) is 5.82 Å². The highest BCUT2D eigenvalue weighted by Gasteiger charge is 2.27. The summed E-state index contributed by atoms with van der Waals surface area (Å²) in [5.74, 6) is -0.0890. The van der Waals surface area contributed by atoms with Crippen molar-refractivity contribution in [2.24, 2.45) is 5.73 Å². The third-order valence-corrected chi connectivity index (χ3v) is 2.96. The summed E-state index contributed by atoms with van der Waals surface area (Å²) in [7, 11) is 2.01. The van der Waals surface area contributed by atoms with Crippen molar-refractivity contribution < 1.29 is 4.39 Å². The summed E-state index contributed by atoms with van der Waals surface area (Å²) < 4.78 is 13.4. The second kappa shape index (κ2) is 3.58. The number of hydrogen-bond donors (Lipinski definition) is 1. The Labute approximate surface area is 83.5 Å². The van der Waals surface area contributed by atoms with Crippen LogP contribution >= 0.6 is 0 Å². The van der Waals surface area contributed by atoms with Gasteiger partial charge in [-0.1, -0.05) is 6.07 Å². The quantitative estimate of drug-likeness (QED) is 0.773. The minimum Gasteiger partial charge on any atom is -0.371 e. The lowest BCUT2D eigenvalue weighted by atomic mass is 10.1. The number of nitrogens with two attached hydrogens (primary N) is 1. The van der Waals surface area contributed by atoms with E-state index in [0.29, 0.717) is 12.6 Å². The number of benzene rings is 1. The van der Waals surface area contributed by atoms with E-state index in [1.165, 1.54) is 6.07 Å². The predicted octanol–water partition coefficient (Wildman–Crippen LogP) is 1.54. The van der Waals surface area contributed by atoms with Crippen LogP contribution in [0.2, 0.25) is 0 Å². The van der Waals surface area contributed by atoms with Crippen molar-refractivity contribution in [3.8, 4) is 0 Å². The Kier molecular flexibility index (Phi) is 2.42. The summed E-state index contributed by atoms with van der Waals surface area (Å²) in [6, 6.07) is 5.62. The minimum absolute atomic E-state index is 0.0890. The minimum atomic E-state index is -0.0890. The summed E-state index contributed by atoms with van der Waals surface area (Å²) in [6.07, 6.45) is 1.71. The highest BCUT2D eigenvalue weighted by molar-refractivity contribution is 5.59. The predicted molar refractivity (Wildman–Crippen MR) is 56.0 cm³/mol. The number of halogens is 1. The normalized spacial score (nSPS) is 19.9. The average molecular weight is 194 g/mol. The molecule has 0 aliphatic carbocycles. The van der Waals surface area contributed by atoms with E-state index in [9.17, 15) is 4.39 Å². The van der Waals surface area contributed by atoms with Crippen molar-refractivity contribution in [3.63, 3.8) is 0 Å². The summed E-state index contributed by atoms with van der Waals surface area (Å²) in [5, 5.41) is 0. The number of anilines is 1. The number of hydrogen-bond acceptors (Lipinski definition) is 2. The molecule has 1 aromatic carbocycles. The molecule has 0 bridgehead atoms. The monoisotopic (exact) mass is 194 g/mol. The fourth-order valence-corrected chi connectivity index (χ4v) is 2.14. The first-order valence-corrected chi connectivity index (χ1v) is 4.94. The molecule has 76 valence electrons. The van der Waals surface area contributed by atoms with Gasteiger partial charge in [0.15, 0.2) is 0 Å². The summed E-state index contributed by atoms with van der Waals surface area (Å²) in [4.78, 5) is 2.13. The fourth-order valence-electron chi connectivity index (χ4n) is 2.14. The van der Waals surface area contributed by atoms with Crippen LogP contribution in [0.5, 0.6) is 0 Å². The molecule has 3 heteroatoms. The van der Waals surface area contributed by atoms with Crippen LogP contribution < -0.4 is 10.6 Å². The van der Waals surface area contributed by atoms with Gasteiger partial charge in [0.25, 0.3) is 0 Å². The maximum absolute atomic E-state index is 13.4. The van der Waals surface area contributed by atoms with Gasteiger partial charge in [0, 0.05) is 24.3 Å². The molecule has 0 saturated heterocycles. The molecular formula is C11H15FN2. The second-order valence-corrected chi connectivity index (χ2v) is 3.78. The van der Waals surface area contributed by atoms with Gasteiger partial charge in [-0.2, -0.15) is 0 Å². The Balaban J connectivity index is 2.30. The molecule has 2 nitrogen and oxygen atoms in total. The molecular weight excluding hydrogens is 179 g/mol. The maximum atomic E-state index is 13.4. The summed E-state index contributed by atoms with van der Waals surface area (Å²) in [6.45, 7) is 0.657. The van der Waals surface area contributed by atoms with Crippen molar-refractivity contribution in [1.82, 2.24) is 0 Å². The molecule has 1 aliphatic rings. The van der Waals surface area contributed by atoms with Crippen LogP contribution in [0.4, 0.5) is 10.1 Å². The zero-order valence-corrected chi connectivity index (χ0v) is 8.33. The Hall–Kier alpha value is -1.09. The molecule has 1 unspecified atom stereocenters. The van der Waals surface area contributed by atoms with Gasteiger partial charge in [-0.05, 0) is 31.5 Å². The highest BCUT2D eigenvalue weighted by Crippen LogP contribution is 2.33. The molecule has 0 spiro atoms. The van der Waals surface area contributed by atoms with Gasteiger partial charge >= 0.3 is 0 Å². The van der Waals surface area contributed by atoms with Gasteiger partial charge in [0.1, 0.15) is 5.82 Å². The molecule has 0 radical (unpaired) electrons. The third-order valence-electron chi connectivity index (χ3n) is 2.96. The molecule has 14 heavy (non-hydrogen) atoms. The van der Waals surface area contributed by atoms with Crippen LogP contribution in [-0.2, 0) is 6.42 Å². The van der Waals surface area contributed by atoms with Crippen molar-refractivity contribution >= 4 is 5.69 Å². The molecule has 2 rings (SSSR count). The van der Waals surface area contributed by atoms with Crippen LogP contribution in [0.25, 0.3) is 0 Å². The second-order valence-electron chi connectivity index (χ2n) is 3.78. The van der Waals surface area contributed by atoms with Gasteiger partial charge in [-0.15, -0.1) is 0 Å². The maximum Gasteiger partial charge on any atom is 0.128 e. The molecule has 1 aromatic rings. The molecule has 0 saturated carbocycles. The lowest BCUT2D eigenvalue weighted by molar-refractivity contribution is 0.586. The third kappa shape index (κ3) is 1.38. The smallest absolute Gasteiger partial charge is 0.128 e. The van der Waals surface area contributed by atoms with Crippen LogP contribution in [-0.4, -0.2) is 19.6 Å². The first kappa shape index (κ1) is 9.46. The van der Waals surface area contributed by atoms with Gasteiger partial charge < -0.3 is 10.6 Å². The largest absolute Gasteiger partial charge is 0.371 e. The van der Waals surface area contributed by atoms with Gasteiger partial charge in [0.2, 0.25) is 0 Å². The van der Waals surface area contributed by atoms with Crippen LogP contribution in [0.15, 0.2) is 18.2 Å². The summed E-state index contributed by atoms with van der Waals surface area (Å²) in [5.41, 5.74) is 7.38. The zero-order valence-electron chi connectivity index (χ0n) is 8.33. The molecule has 1 aliphatic heterocycles. The number of rotatable bonds is 2. The molecule has 1 heterocycles. The zero-order chi connectivity index (χ0) is 10.1. The SMILES string of the molecule is CN1c2cccc(F)c2CC1CCN. The van der Waals surface area contributed by atoms with E-state index >= 15 is 0 Å². The molecule has 0 amide bonds. The van der Waals surface area contributed by atoms with E-state index in [1.54, 1.807) is 6.07 Å². The molecule has 2 N–H and O–H groups in total. The Morgan fingerprint density at radius 1 is 1.57 bits per heavy atom. The molecule has 1 atom stereocenters. The van der Waals surface area contributed by atoms with Crippen LogP contribution in [0.1, 0.15) is 12.0 Å². The van der Waals surface area contributed by atoms with Crippen molar-refractivity contribution in [2.45, 2.75) is 18.9 Å². The number of nitrogens with zero attached hydrogens (tertiary/aromatic N) is 1. The number of fused-ring (bicyclic) bond motifs is 1. The lowest BCUT2D eigenvalue weighted by Crippen LogP contribution is -2.29. The van der Waals surface area contributed by atoms with E-state index in [0.717, 1.165) is 24.1 Å². The molecule has 0 aromatic heterocycles. The van der Waals surface area contributed by atoms with Gasteiger partial charge in [0.05, 0.1) is 0 Å². The first-order valence-electron chi connectivity index (χ1n) is 4.94. The standard InChI is InChI=1S/C11H15FN2/c1-14-8(5-6-13)7-9-10(12)3-2-4-11(9)14/h2-4,8H,5-7,13H2,1H3. The van der Waals surface area contributed by atoms with Crippen LogP contribution in [0.3, 0.4) is 0 Å². The van der Waals surface area contributed by atoms with Crippen LogP contribution in [0, 0.1) is 5.82 Å². The van der Waals surface area contributed by atoms with Gasteiger partial charge in [-0.25, -0.2) is 4.39 Å². The van der Waals surface area contributed by atoms with E-state index in [4.69, 9.17) is 5.73 Å².